The van der Waals surface area contributed by atoms with Crippen molar-refractivity contribution in [1.82, 2.24) is 9.88 Å². The zero-order chi connectivity index (χ0) is 18.5. The summed E-state index contributed by atoms with van der Waals surface area (Å²) in [6, 6.07) is 5.36. The molecule has 3 rings (SSSR count). The maximum atomic E-state index is 13.4. The number of benzene rings is 1. The lowest BCUT2D eigenvalue weighted by molar-refractivity contribution is -0.149. The monoisotopic (exact) mass is 360 g/mol. The molecule has 26 heavy (non-hydrogen) atoms. The van der Waals surface area contributed by atoms with Crippen molar-refractivity contribution in [3.05, 3.63) is 53.9 Å². The fourth-order valence-electron chi connectivity index (χ4n) is 3.30. The van der Waals surface area contributed by atoms with Crippen molar-refractivity contribution < 1.29 is 18.3 Å². The Morgan fingerprint density at radius 3 is 2.46 bits per heavy atom. The number of halogens is 2. The van der Waals surface area contributed by atoms with Crippen LogP contribution >= 0.6 is 0 Å². The van der Waals surface area contributed by atoms with E-state index in [9.17, 15) is 13.6 Å². The van der Waals surface area contributed by atoms with Crippen molar-refractivity contribution in [2.45, 2.75) is 26.3 Å². The number of nitrogens with zero attached hydrogens (tertiary/aromatic N) is 2. The molecule has 1 saturated heterocycles. The fourth-order valence-corrected chi connectivity index (χ4v) is 3.30. The Labute approximate surface area is 151 Å². The molecule has 1 aromatic carbocycles. The van der Waals surface area contributed by atoms with E-state index in [0.29, 0.717) is 24.3 Å². The summed E-state index contributed by atoms with van der Waals surface area (Å²) in [7, 11) is 0. The minimum Gasteiger partial charge on any atom is -0.466 e. The quantitative estimate of drug-likeness (QED) is 0.761. The molecule has 0 radical (unpaired) electrons. The van der Waals surface area contributed by atoms with Crippen molar-refractivity contribution in [1.29, 1.82) is 0 Å². The highest BCUT2D eigenvalue weighted by atomic mass is 19.1. The Bertz CT molecular complexity index is 754. The Hall–Kier alpha value is -2.34. The molecule has 0 atom stereocenters. The second-order valence-corrected chi connectivity index (χ2v) is 6.54. The minimum absolute atomic E-state index is 0.0223. The molecule has 138 valence electrons. The third kappa shape index (κ3) is 4.64. The summed E-state index contributed by atoms with van der Waals surface area (Å²) in [5.74, 6) is -1.34. The van der Waals surface area contributed by atoms with Crippen LogP contribution in [-0.4, -0.2) is 35.5 Å². The van der Waals surface area contributed by atoms with Crippen LogP contribution in [0.25, 0.3) is 11.1 Å². The topological polar surface area (TPSA) is 42.4 Å². The lowest BCUT2D eigenvalue weighted by atomic mass is 9.96. The fraction of sp³-hybridized carbons (Fsp3) is 0.400. The number of piperidine rings is 1. The number of ether oxygens (including phenoxy) is 1. The molecule has 2 aromatic rings. The maximum Gasteiger partial charge on any atom is 0.309 e. The molecule has 0 N–H and O–H groups in total. The normalized spacial score (nSPS) is 15.8. The second kappa shape index (κ2) is 8.36. The van der Waals surface area contributed by atoms with Gasteiger partial charge < -0.3 is 4.74 Å². The smallest absolute Gasteiger partial charge is 0.309 e. The summed E-state index contributed by atoms with van der Waals surface area (Å²) in [6.45, 7) is 4.54. The number of carbonyl (C=O) groups is 1. The van der Waals surface area contributed by atoms with E-state index in [1.54, 1.807) is 12.4 Å². The third-order valence-electron chi connectivity index (χ3n) is 4.60. The van der Waals surface area contributed by atoms with E-state index < -0.39 is 11.6 Å². The first kappa shape index (κ1) is 18.5. The largest absolute Gasteiger partial charge is 0.466 e. The Balaban J connectivity index is 1.64. The summed E-state index contributed by atoms with van der Waals surface area (Å²) >= 11 is 0. The Morgan fingerprint density at radius 1 is 1.12 bits per heavy atom. The SMILES string of the molecule is CCOC(=O)C1CCN(Cc2cncc(-c3cc(F)cc(F)c3)c2)CC1. The summed E-state index contributed by atoms with van der Waals surface area (Å²) in [6.07, 6.45) is 4.92. The molecular weight excluding hydrogens is 338 g/mol. The molecule has 6 heteroatoms. The zero-order valence-corrected chi connectivity index (χ0v) is 14.8. The van der Waals surface area contributed by atoms with Crippen LogP contribution in [0, 0.1) is 17.6 Å². The average Bonchev–Trinajstić information content (AvgIpc) is 2.62. The van der Waals surface area contributed by atoms with Gasteiger partial charge in [-0.2, -0.15) is 0 Å². The highest BCUT2D eigenvalue weighted by Gasteiger charge is 2.25. The maximum absolute atomic E-state index is 13.4. The van der Waals surface area contributed by atoms with Crippen LogP contribution < -0.4 is 0 Å². The van der Waals surface area contributed by atoms with Crippen LogP contribution in [0.3, 0.4) is 0 Å². The van der Waals surface area contributed by atoms with E-state index in [0.717, 1.165) is 37.6 Å². The molecule has 1 aromatic heterocycles. The number of aromatic nitrogens is 1. The van der Waals surface area contributed by atoms with Crippen molar-refractivity contribution in [2.24, 2.45) is 5.92 Å². The van der Waals surface area contributed by atoms with E-state index >= 15 is 0 Å². The van der Waals surface area contributed by atoms with Crippen LogP contribution in [0.2, 0.25) is 0 Å². The lowest BCUT2D eigenvalue weighted by Crippen LogP contribution is -2.36. The molecule has 2 heterocycles. The third-order valence-corrected chi connectivity index (χ3v) is 4.60. The number of hydrogen-bond donors (Lipinski definition) is 0. The van der Waals surface area contributed by atoms with Crippen molar-refractivity contribution in [3.63, 3.8) is 0 Å². The van der Waals surface area contributed by atoms with Gasteiger partial charge in [-0.15, -0.1) is 0 Å². The van der Waals surface area contributed by atoms with Crippen LogP contribution in [0.1, 0.15) is 25.3 Å². The predicted octanol–water partition coefficient (Wildman–Crippen LogP) is 3.80. The molecule has 0 bridgehead atoms. The first-order valence-electron chi connectivity index (χ1n) is 8.84. The summed E-state index contributed by atoms with van der Waals surface area (Å²) in [4.78, 5) is 18.3. The van der Waals surface area contributed by atoms with Gasteiger partial charge in [-0.1, -0.05) is 0 Å². The molecule has 4 nitrogen and oxygen atoms in total. The molecule has 0 spiro atoms. The van der Waals surface area contributed by atoms with Gasteiger partial charge in [-0.25, -0.2) is 8.78 Å². The van der Waals surface area contributed by atoms with Gasteiger partial charge >= 0.3 is 5.97 Å². The zero-order valence-electron chi connectivity index (χ0n) is 14.8. The lowest BCUT2D eigenvalue weighted by Gasteiger charge is -2.30. The number of likely N-dealkylation sites (tertiary alicyclic amines) is 1. The first-order valence-corrected chi connectivity index (χ1v) is 8.84. The number of carbonyl (C=O) groups excluding carboxylic acids is 1. The van der Waals surface area contributed by atoms with E-state index in [4.69, 9.17) is 4.74 Å². The van der Waals surface area contributed by atoms with Crippen molar-refractivity contribution in [3.8, 4) is 11.1 Å². The predicted molar refractivity (Wildman–Crippen MR) is 94.2 cm³/mol. The van der Waals surface area contributed by atoms with Crippen molar-refractivity contribution >= 4 is 5.97 Å². The molecule has 1 aliphatic rings. The van der Waals surface area contributed by atoms with Crippen LogP contribution in [-0.2, 0) is 16.1 Å². The van der Waals surface area contributed by atoms with Gasteiger partial charge in [0.15, 0.2) is 0 Å². The standard InChI is InChI=1S/C20H22F2N2O2/c1-2-26-20(25)15-3-5-24(6-4-15)13-14-7-17(12-23-11-14)16-8-18(21)10-19(22)9-16/h7-12,15H,2-6,13H2,1H3. The van der Waals surface area contributed by atoms with Crippen LogP contribution in [0.5, 0.6) is 0 Å². The number of pyridine rings is 1. The van der Waals surface area contributed by atoms with Gasteiger partial charge in [0.2, 0.25) is 0 Å². The van der Waals surface area contributed by atoms with Crippen molar-refractivity contribution in [2.75, 3.05) is 19.7 Å². The molecule has 1 fully saturated rings. The minimum atomic E-state index is -0.605. The van der Waals surface area contributed by atoms with E-state index in [1.165, 1.54) is 12.1 Å². The molecule has 1 aliphatic heterocycles. The molecule has 0 unspecified atom stereocenters. The van der Waals surface area contributed by atoms with Gasteiger partial charge in [0.05, 0.1) is 12.5 Å². The second-order valence-electron chi connectivity index (χ2n) is 6.54. The number of hydrogen-bond acceptors (Lipinski definition) is 4. The highest BCUT2D eigenvalue weighted by Crippen LogP contribution is 2.24. The average molecular weight is 360 g/mol. The molecule has 0 amide bonds. The Morgan fingerprint density at radius 2 is 1.81 bits per heavy atom. The van der Waals surface area contributed by atoms with Gasteiger partial charge in [0.25, 0.3) is 0 Å². The van der Waals surface area contributed by atoms with Gasteiger partial charge in [0, 0.05) is 30.6 Å². The number of rotatable bonds is 5. The summed E-state index contributed by atoms with van der Waals surface area (Å²) in [5.41, 5.74) is 2.13. The molecular formula is C20H22F2N2O2. The van der Waals surface area contributed by atoms with E-state index in [2.05, 4.69) is 9.88 Å². The van der Waals surface area contributed by atoms with Crippen LogP contribution in [0.4, 0.5) is 8.78 Å². The molecule has 0 saturated carbocycles. The summed E-state index contributed by atoms with van der Waals surface area (Å²) < 4.78 is 32.0. The summed E-state index contributed by atoms with van der Waals surface area (Å²) in [5, 5.41) is 0. The Kier molecular flexibility index (Phi) is 5.93. The highest BCUT2D eigenvalue weighted by molar-refractivity contribution is 5.72. The van der Waals surface area contributed by atoms with Gasteiger partial charge in [0.1, 0.15) is 11.6 Å². The van der Waals surface area contributed by atoms with E-state index in [-0.39, 0.29) is 11.9 Å². The number of esters is 1. The van der Waals surface area contributed by atoms with Gasteiger partial charge in [-0.3, -0.25) is 14.7 Å². The van der Waals surface area contributed by atoms with E-state index in [1.807, 2.05) is 13.0 Å². The first-order chi connectivity index (χ1) is 12.5. The molecule has 0 aliphatic carbocycles. The van der Waals surface area contributed by atoms with Gasteiger partial charge in [-0.05, 0) is 62.2 Å². The van der Waals surface area contributed by atoms with Crippen LogP contribution in [0.15, 0.2) is 36.7 Å².